The van der Waals surface area contributed by atoms with Gasteiger partial charge in [-0.25, -0.2) is 0 Å². The van der Waals surface area contributed by atoms with Crippen LogP contribution in [0, 0.1) is 44.1 Å². The molecule has 2 aromatic carbocycles. The van der Waals surface area contributed by atoms with Gasteiger partial charge in [-0.05, 0) is 23.3 Å². The van der Waals surface area contributed by atoms with E-state index in [0.717, 1.165) is 16.8 Å². The number of carbonyl (C=O) groups is 1. The Balaban J connectivity index is 0.00000264. The Kier molecular flexibility index (Phi) is 9.01. The van der Waals surface area contributed by atoms with Crippen molar-refractivity contribution in [1.82, 2.24) is 0 Å². The number of carbonyl (C=O) groups excluding carboxylic acids is 1. The molecule has 0 saturated carbocycles. The molecule has 0 aliphatic carbocycles. The largest absolute Gasteiger partial charge is 0.672 e. The van der Waals surface area contributed by atoms with Crippen molar-refractivity contribution < 1.29 is 53.6 Å². The van der Waals surface area contributed by atoms with Crippen molar-refractivity contribution in [3.8, 4) is 0 Å². The van der Waals surface area contributed by atoms with Crippen molar-refractivity contribution in [2.75, 3.05) is 5.32 Å². The van der Waals surface area contributed by atoms with Crippen LogP contribution in [-0.2, 0) is 16.1 Å². The van der Waals surface area contributed by atoms with Crippen molar-refractivity contribution in [2.24, 2.45) is 0 Å². The first-order chi connectivity index (χ1) is 10.6. The van der Waals surface area contributed by atoms with Crippen LogP contribution in [0.25, 0.3) is 5.73 Å². The van der Waals surface area contributed by atoms with Crippen LogP contribution in [0.15, 0.2) is 54.6 Å². The van der Waals surface area contributed by atoms with Gasteiger partial charge in [-0.2, -0.15) is 0 Å². The second kappa shape index (κ2) is 10.2. The van der Waals surface area contributed by atoms with Crippen molar-refractivity contribution in [3.63, 3.8) is 0 Å². The van der Waals surface area contributed by atoms with E-state index >= 15 is 0 Å². The van der Waals surface area contributed by atoms with Gasteiger partial charge in [-0.1, -0.05) is 49.4 Å². The molecule has 1 amide bonds. The van der Waals surface area contributed by atoms with Gasteiger partial charge in [0.2, 0.25) is 5.91 Å². The smallest absolute Gasteiger partial charge is 0.221 e. The third-order valence-corrected chi connectivity index (χ3v) is 3.29. The predicted molar refractivity (Wildman–Crippen MR) is 88.5 cm³/mol. The van der Waals surface area contributed by atoms with E-state index in [4.69, 9.17) is 10.5 Å². The molecule has 4 nitrogen and oxygen atoms in total. The number of anilines is 1. The second-order valence-corrected chi connectivity index (χ2v) is 5.31. The summed E-state index contributed by atoms with van der Waals surface area (Å²) in [6.07, 6.45) is -0.253. The van der Waals surface area contributed by atoms with E-state index < -0.39 is 0 Å². The van der Waals surface area contributed by atoms with Crippen molar-refractivity contribution >= 4 is 11.6 Å². The molecule has 0 fully saturated rings. The second-order valence-electron chi connectivity index (χ2n) is 5.31. The zero-order chi connectivity index (χ0) is 15.9. The molecular formula is C18H21AcN2O2-. The Morgan fingerprint density at radius 2 is 1.74 bits per heavy atom. The Bertz CT molecular complexity index is 600. The SMILES string of the molecule is CC(=O)Nc1ccc(CO[C@@H](c2ccccc2)[C@@H](C)[NH-])cc1.[Ac]. The van der Waals surface area contributed by atoms with Crippen LogP contribution < -0.4 is 5.32 Å². The standard InChI is InChI=1S/C18H21N2O2.Ac/c1-13(19)18(16-6-4-3-5-7-16)22-12-15-8-10-17(11-9-15)20-14(2)21;/h3-11,13,18-19H,12H2,1-2H3,(H,20,21);/q-1;/t13-,18-;/m1./s1. The van der Waals surface area contributed by atoms with Crippen molar-refractivity contribution in [2.45, 2.75) is 32.6 Å². The van der Waals surface area contributed by atoms with E-state index in [1.165, 1.54) is 6.92 Å². The molecule has 0 saturated heterocycles. The molecule has 2 rings (SSSR count). The third-order valence-electron chi connectivity index (χ3n) is 3.29. The molecule has 2 atom stereocenters. The van der Waals surface area contributed by atoms with E-state index in [9.17, 15) is 4.79 Å². The fourth-order valence-electron chi connectivity index (χ4n) is 2.25. The first-order valence-corrected chi connectivity index (χ1v) is 7.30. The summed E-state index contributed by atoms with van der Waals surface area (Å²) in [7, 11) is 0. The maximum atomic E-state index is 11.0. The molecule has 0 aliphatic heterocycles. The van der Waals surface area contributed by atoms with E-state index in [-0.39, 0.29) is 62.1 Å². The van der Waals surface area contributed by atoms with Gasteiger partial charge in [-0.15, -0.1) is 6.04 Å². The van der Waals surface area contributed by atoms with Gasteiger partial charge in [0.1, 0.15) is 0 Å². The number of hydrogen-bond acceptors (Lipinski definition) is 2. The Labute approximate surface area is 173 Å². The monoisotopic (exact) mass is 524 g/mol. The van der Waals surface area contributed by atoms with Crippen LogP contribution >= 0.6 is 0 Å². The zero-order valence-electron chi connectivity index (χ0n) is 13.5. The molecule has 0 spiro atoms. The first kappa shape index (κ1) is 20.3. The maximum absolute atomic E-state index is 11.0. The molecule has 23 heavy (non-hydrogen) atoms. The van der Waals surface area contributed by atoms with Gasteiger partial charge in [0.15, 0.2) is 0 Å². The summed E-state index contributed by atoms with van der Waals surface area (Å²) in [6, 6.07) is 17.0. The molecule has 1 radical (unpaired) electrons. The zero-order valence-corrected chi connectivity index (χ0v) is 18.2. The van der Waals surface area contributed by atoms with Crippen LogP contribution in [0.2, 0.25) is 0 Å². The summed E-state index contributed by atoms with van der Waals surface area (Å²) in [5.74, 6) is -0.0869. The summed E-state index contributed by atoms with van der Waals surface area (Å²) < 4.78 is 5.92. The van der Waals surface area contributed by atoms with Crippen LogP contribution in [0.5, 0.6) is 0 Å². The van der Waals surface area contributed by atoms with E-state index in [2.05, 4.69) is 5.32 Å². The minimum Gasteiger partial charge on any atom is -0.672 e. The topological polar surface area (TPSA) is 62.1 Å². The fourth-order valence-corrected chi connectivity index (χ4v) is 2.25. The van der Waals surface area contributed by atoms with Crippen LogP contribution in [0.4, 0.5) is 5.69 Å². The fraction of sp³-hybridized carbons (Fsp3) is 0.278. The van der Waals surface area contributed by atoms with E-state index in [1.807, 2.05) is 61.5 Å². The van der Waals surface area contributed by atoms with Crippen LogP contribution in [0.1, 0.15) is 31.1 Å². The van der Waals surface area contributed by atoms with Crippen molar-refractivity contribution in [3.05, 3.63) is 71.5 Å². The number of ether oxygens (including phenoxy) is 1. The van der Waals surface area contributed by atoms with Gasteiger partial charge >= 0.3 is 0 Å². The van der Waals surface area contributed by atoms with Gasteiger partial charge < -0.3 is 15.8 Å². The summed E-state index contributed by atoms with van der Waals surface area (Å²) in [4.78, 5) is 11.0. The van der Waals surface area contributed by atoms with Gasteiger partial charge in [0, 0.05) is 56.7 Å². The molecule has 5 heteroatoms. The predicted octanol–water partition coefficient (Wildman–Crippen LogP) is 4.34. The summed E-state index contributed by atoms with van der Waals surface area (Å²) >= 11 is 0. The van der Waals surface area contributed by atoms with Gasteiger partial charge in [0.25, 0.3) is 0 Å². The van der Waals surface area contributed by atoms with E-state index in [1.54, 1.807) is 0 Å². The van der Waals surface area contributed by atoms with Crippen LogP contribution in [0.3, 0.4) is 0 Å². The molecule has 119 valence electrons. The minimum absolute atomic E-state index is 0. The summed E-state index contributed by atoms with van der Waals surface area (Å²) in [5, 5.41) is 2.73. The molecule has 0 aliphatic rings. The molecule has 0 bridgehead atoms. The Hall–Kier alpha value is -0.728. The quantitative estimate of drug-likeness (QED) is 0.612. The van der Waals surface area contributed by atoms with Crippen LogP contribution in [-0.4, -0.2) is 11.9 Å². The average Bonchev–Trinajstić information content (AvgIpc) is 2.49. The van der Waals surface area contributed by atoms with Gasteiger partial charge in [-0.3, -0.25) is 4.79 Å². The molecule has 2 N–H and O–H groups in total. The molecular weight excluding hydrogens is 503 g/mol. The number of hydrogen-bond donors (Lipinski definition) is 1. The maximum Gasteiger partial charge on any atom is 0.221 e. The molecule has 0 heterocycles. The van der Waals surface area contributed by atoms with Gasteiger partial charge in [0.05, 0.1) is 12.7 Å². The van der Waals surface area contributed by atoms with E-state index in [0.29, 0.717) is 6.61 Å². The summed E-state index contributed by atoms with van der Waals surface area (Å²) in [5.41, 5.74) is 10.8. The Morgan fingerprint density at radius 3 is 2.26 bits per heavy atom. The number of benzene rings is 2. The van der Waals surface area contributed by atoms with Crippen molar-refractivity contribution in [1.29, 1.82) is 0 Å². The summed E-state index contributed by atoms with van der Waals surface area (Å²) in [6.45, 7) is 3.75. The number of rotatable bonds is 6. The molecule has 2 aromatic rings. The normalized spacial score (nSPS) is 12.8. The first-order valence-electron chi connectivity index (χ1n) is 7.30. The third kappa shape index (κ3) is 6.73. The number of nitrogens with one attached hydrogen (secondary N) is 2. The minimum atomic E-state index is -0.346. The molecule has 0 unspecified atom stereocenters. The Morgan fingerprint density at radius 1 is 1.13 bits per heavy atom. The average molecular weight is 524 g/mol. The molecule has 0 aromatic heterocycles. The number of amides is 1.